The van der Waals surface area contributed by atoms with Crippen molar-refractivity contribution in [1.82, 2.24) is 5.32 Å². The molecule has 1 aliphatic heterocycles. The average Bonchev–Trinajstić information content (AvgIpc) is 1.88. The van der Waals surface area contributed by atoms with Crippen LogP contribution in [0, 0.1) is 0 Å². The predicted octanol–water partition coefficient (Wildman–Crippen LogP) is -0.193. The fraction of sp³-hybridized carbons (Fsp3) is 0.667. The van der Waals surface area contributed by atoms with Gasteiger partial charge in [-0.25, -0.2) is 0 Å². The van der Waals surface area contributed by atoms with Crippen LogP contribution >= 0.6 is 11.8 Å². The summed E-state index contributed by atoms with van der Waals surface area (Å²) < 4.78 is 0. The average molecular weight is 159 g/mol. The van der Waals surface area contributed by atoms with Gasteiger partial charge in [0.2, 0.25) is 5.91 Å². The molecular weight excluding hydrogens is 150 g/mol. The van der Waals surface area contributed by atoms with E-state index in [2.05, 4.69) is 5.32 Å². The number of ketones is 1. The molecule has 1 unspecified atom stereocenters. The summed E-state index contributed by atoms with van der Waals surface area (Å²) in [6.45, 7) is 1.50. The SMILES string of the molecule is CC(=O)C1CSCC(=O)N1. The second-order valence-electron chi connectivity index (χ2n) is 2.25. The Morgan fingerprint density at radius 1 is 1.80 bits per heavy atom. The Kier molecular flexibility index (Phi) is 2.32. The first kappa shape index (κ1) is 7.60. The molecule has 0 radical (unpaired) electrons. The van der Waals surface area contributed by atoms with Gasteiger partial charge < -0.3 is 5.32 Å². The first-order chi connectivity index (χ1) is 4.70. The molecule has 1 rings (SSSR count). The van der Waals surface area contributed by atoms with Gasteiger partial charge in [-0.1, -0.05) is 0 Å². The van der Waals surface area contributed by atoms with Gasteiger partial charge in [0.1, 0.15) is 0 Å². The van der Waals surface area contributed by atoms with Crippen molar-refractivity contribution in [2.75, 3.05) is 11.5 Å². The molecule has 0 saturated carbocycles. The molecule has 0 aromatic heterocycles. The first-order valence-electron chi connectivity index (χ1n) is 3.07. The largest absolute Gasteiger partial charge is 0.345 e. The quantitative estimate of drug-likeness (QED) is 0.576. The minimum Gasteiger partial charge on any atom is -0.345 e. The van der Waals surface area contributed by atoms with E-state index in [4.69, 9.17) is 0 Å². The lowest BCUT2D eigenvalue weighted by molar-refractivity contribution is -0.125. The van der Waals surface area contributed by atoms with E-state index < -0.39 is 0 Å². The van der Waals surface area contributed by atoms with Crippen LogP contribution in [0.15, 0.2) is 0 Å². The van der Waals surface area contributed by atoms with Crippen molar-refractivity contribution in [3.05, 3.63) is 0 Å². The number of nitrogens with one attached hydrogen (secondary N) is 1. The molecule has 1 N–H and O–H groups in total. The van der Waals surface area contributed by atoms with Gasteiger partial charge in [-0.15, -0.1) is 11.8 Å². The maximum absolute atomic E-state index is 10.7. The molecule has 1 fully saturated rings. The highest BCUT2D eigenvalue weighted by Gasteiger charge is 2.21. The smallest absolute Gasteiger partial charge is 0.230 e. The molecule has 4 heteroatoms. The highest BCUT2D eigenvalue weighted by molar-refractivity contribution is 8.00. The van der Waals surface area contributed by atoms with Gasteiger partial charge in [-0.3, -0.25) is 9.59 Å². The van der Waals surface area contributed by atoms with Crippen LogP contribution in [-0.4, -0.2) is 29.2 Å². The number of carbonyl (C=O) groups is 2. The maximum Gasteiger partial charge on any atom is 0.230 e. The van der Waals surface area contributed by atoms with Gasteiger partial charge in [-0.05, 0) is 6.92 Å². The Hall–Kier alpha value is -0.510. The molecule has 3 nitrogen and oxygen atoms in total. The molecule has 1 heterocycles. The number of Topliss-reactive ketones (excluding diaryl/α,β-unsaturated/α-hetero) is 1. The van der Waals surface area contributed by atoms with Gasteiger partial charge in [-0.2, -0.15) is 0 Å². The topological polar surface area (TPSA) is 46.2 Å². The van der Waals surface area contributed by atoms with Gasteiger partial charge in [0.15, 0.2) is 5.78 Å². The summed E-state index contributed by atoms with van der Waals surface area (Å²) in [7, 11) is 0. The predicted molar refractivity (Wildman–Crippen MR) is 39.9 cm³/mol. The molecule has 0 bridgehead atoms. The molecule has 56 valence electrons. The number of amides is 1. The van der Waals surface area contributed by atoms with Crippen LogP contribution < -0.4 is 5.32 Å². The molecule has 1 atom stereocenters. The molecule has 0 spiro atoms. The van der Waals surface area contributed by atoms with Crippen LogP contribution in [0.5, 0.6) is 0 Å². The van der Waals surface area contributed by atoms with E-state index in [-0.39, 0.29) is 17.7 Å². The van der Waals surface area contributed by atoms with E-state index in [9.17, 15) is 9.59 Å². The molecule has 0 aliphatic carbocycles. The van der Waals surface area contributed by atoms with E-state index in [0.717, 1.165) is 5.75 Å². The Balaban J connectivity index is 2.47. The molecule has 1 aliphatic rings. The monoisotopic (exact) mass is 159 g/mol. The van der Waals surface area contributed by atoms with Gasteiger partial charge in [0, 0.05) is 5.75 Å². The summed E-state index contributed by atoms with van der Waals surface area (Å²) in [6, 6.07) is -0.244. The van der Waals surface area contributed by atoms with Crippen molar-refractivity contribution in [1.29, 1.82) is 0 Å². The molecule has 10 heavy (non-hydrogen) atoms. The van der Waals surface area contributed by atoms with Crippen molar-refractivity contribution >= 4 is 23.5 Å². The van der Waals surface area contributed by atoms with Crippen molar-refractivity contribution in [2.45, 2.75) is 13.0 Å². The first-order valence-corrected chi connectivity index (χ1v) is 4.23. The van der Waals surface area contributed by atoms with Crippen LogP contribution in [0.2, 0.25) is 0 Å². The summed E-state index contributed by atoms with van der Waals surface area (Å²) in [5.74, 6) is 1.22. The number of carbonyl (C=O) groups excluding carboxylic acids is 2. The Bertz CT molecular complexity index is 167. The minimum atomic E-state index is -0.244. The molecule has 0 aromatic carbocycles. The third-order valence-corrected chi connectivity index (χ3v) is 2.38. The maximum atomic E-state index is 10.7. The Morgan fingerprint density at radius 3 is 2.90 bits per heavy atom. The van der Waals surface area contributed by atoms with Crippen molar-refractivity contribution in [3.8, 4) is 0 Å². The fourth-order valence-electron chi connectivity index (χ4n) is 0.766. The Morgan fingerprint density at radius 2 is 2.50 bits per heavy atom. The minimum absolute atomic E-state index is 0.0311. The zero-order valence-corrected chi connectivity index (χ0v) is 6.53. The van der Waals surface area contributed by atoms with E-state index >= 15 is 0 Å². The zero-order valence-electron chi connectivity index (χ0n) is 5.72. The van der Waals surface area contributed by atoms with E-state index in [1.165, 1.54) is 18.7 Å². The van der Waals surface area contributed by atoms with Crippen molar-refractivity contribution < 1.29 is 9.59 Å². The number of hydrogen-bond donors (Lipinski definition) is 1. The van der Waals surface area contributed by atoms with Crippen molar-refractivity contribution in [3.63, 3.8) is 0 Å². The van der Waals surface area contributed by atoms with Crippen LogP contribution in [-0.2, 0) is 9.59 Å². The lowest BCUT2D eigenvalue weighted by Crippen LogP contribution is -2.45. The summed E-state index contributed by atoms with van der Waals surface area (Å²) in [5.41, 5.74) is 0. The fourth-order valence-corrected chi connectivity index (χ4v) is 1.71. The second-order valence-corrected chi connectivity index (χ2v) is 3.28. The van der Waals surface area contributed by atoms with E-state index in [1.807, 2.05) is 0 Å². The highest BCUT2D eigenvalue weighted by Crippen LogP contribution is 2.08. The zero-order chi connectivity index (χ0) is 7.56. The normalized spacial score (nSPS) is 25.7. The summed E-state index contributed by atoms with van der Waals surface area (Å²) >= 11 is 1.51. The molecule has 1 amide bonds. The van der Waals surface area contributed by atoms with Crippen molar-refractivity contribution in [2.24, 2.45) is 0 Å². The number of thioether (sulfide) groups is 1. The molecular formula is C6H9NO2S. The lowest BCUT2D eigenvalue weighted by atomic mass is 10.2. The van der Waals surface area contributed by atoms with Gasteiger partial charge >= 0.3 is 0 Å². The highest BCUT2D eigenvalue weighted by atomic mass is 32.2. The number of rotatable bonds is 1. The third kappa shape index (κ3) is 1.73. The second kappa shape index (κ2) is 3.05. The van der Waals surface area contributed by atoms with Crippen LogP contribution in [0.4, 0.5) is 0 Å². The third-order valence-electron chi connectivity index (χ3n) is 1.34. The van der Waals surface area contributed by atoms with Crippen LogP contribution in [0.1, 0.15) is 6.92 Å². The number of hydrogen-bond acceptors (Lipinski definition) is 3. The summed E-state index contributed by atoms with van der Waals surface area (Å²) in [5, 5.41) is 2.61. The molecule has 0 aromatic rings. The summed E-state index contributed by atoms with van der Waals surface area (Å²) in [6.07, 6.45) is 0. The van der Waals surface area contributed by atoms with Gasteiger partial charge in [0.05, 0.1) is 11.8 Å². The van der Waals surface area contributed by atoms with Crippen LogP contribution in [0.3, 0.4) is 0 Å². The molecule has 1 saturated heterocycles. The van der Waals surface area contributed by atoms with E-state index in [0.29, 0.717) is 5.75 Å². The summed E-state index contributed by atoms with van der Waals surface area (Å²) in [4.78, 5) is 21.4. The van der Waals surface area contributed by atoms with Crippen LogP contribution in [0.25, 0.3) is 0 Å². The van der Waals surface area contributed by atoms with Gasteiger partial charge in [0.25, 0.3) is 0 Å². The lowest BCUT2D eigenvalue weighted by Gasteiger charge is -2.19. The van der Waals surface area contributed by atoms with E-state index in [1.54, 1.807) is 0 Å². The standard InChI is InChI=1S/C6H9NO2S/c1-4(8)5-2-10-3-6(9)7-5/h5H,2-3H2,1H3,(H,7,9). The Labute approximate surface area is 63.6 Å².